The zero-order valence-electron chi connectivity index (χ0n) is 23.1. The molecule has 0 saturated carbocycles. The molecular formula is C32H38N4O2S. The van der Waals surface area contributed by atoms with Crippen LogP contribution in [0.3, 0.4) is 0 Å². The van der Waals surface area contributed by atoms with E-state index in [-0.39, 0.29) is 0 Å². The van der Waals surface area contributed by atoms with E-state index >= 15 is 0 Å². The lowest BCUT2D eigenvalue weighted by molar-refractivity contribution is 0.0670. The van der Waals surface area contributed by atoms with E-state index in [1.165, 1.54) is 35.8 Å². The Bertz CT molecular complexity index is 1570. The largest absolute Gasteiger partial charge is 0.327 e. The number of aryl methyl sites for hydroxylation is 2. The van der Waals surface area contributed by atoms with Gasteiger partial charge < -0.3 is 9.88 Å². The van der Waals surface area contributed by atoms with Gasteiger partial charge in [-0.1, -0.05) is 36.4 Å². The van der Waals surface area contributed by atoms with Crippen molar-refractivity contribution in [1.29, 1.82) is 0 Å². The topological polar surface area (TPSA) is 67.2 Å². The number of sulfone groups is 1. The molecule has 3 aromatic carbocycles. The lowest BCUT2D eigenvalue weighted by Crippen LogP contribution is -2.47. The molecule has 0 spiro atoms. The van der Waals surface area contributed by atoms with Crippen LogP contribution in [-0.2, 0) is 16.9 Å². The fourth-order valence-corrected chi connectivity index (χ4v) is 7.32. The Kier molecular flexibility index (Phi) is 7.08. The molecule has 2 fully saturated rings. The quantitative estimate of drug-likeness (QED) is 0.354. The third-order valence-corrected chi connectivity index (χ3v) is 9.95. The molecule has 4 aromatic rings. The number of imidazole rings is 1. The third kappa shape index (κ3) is 5.15. The molecule has 0 aliphatic carbocycles. The van der Waals surface area contributed by atoms with Crippen LogP contribution in [0.5, 0.6) is 0 Å². The monoisotopic (exact) mass is 542 g/mol. The van der Waals surface area contributed by atoms with Gasteiger partial charge in [0.2, 0.25) is 0 Å². The number of likely N-dealkylation sites (tertiary alicyclic amines) is 1. The molecule has 1 N–H and O–H groups in total. The van der Waals surface area contributed by atoms with Crippen LogP contribution < -0.4 is 5.32 Å². The van der Waals surface area contributed by atoms with E-state index in [2.05, 4.69) is 71.2 Å². The molecule has 1 aromatic heterocycles. The molecule has 39 heavy (non-hydrogen) atoms. The summed E-state index contributed by atoms with van der Waals surface area (Å²) in [7, 11) is -1.17. The SMILES string of the molecule is Cc1cc(C2CCN(C3CCNCC3)[C@@H](c3ccccc3)C2)cc2c1nc(-c1ccc(S(C)(=O)=O)cc1)n2C. The first kappa shape index (κ1) is 26.2. The van der Waals surface area contributed by atoms with Crippen molar-refractivity contribution in [1.82, 2.24) is 19.8 Å². The molecule has 2 atom stereocenters. The molecule has 2 saturated heterocycles. The molecule has 6 nitrogen and oxygen atoms in total. The second kappa shape index (κ2) is 10.5. The number of nitrogens with one attached hydrogen (secondary N) is 1. The van der Waals surface area contributed by atoms with E-state index in [4.69, 9.17) is 4.98 Å². The van der Waals surface area contributed by atoms with E-state index in [9.17, 15) is 8.42 Å². The Hall–Kier alpha value is -3.00. The zero-order valence-corrected chi connectivity index (χ0v) is 23.9. The second-order valence-electron chi connectivity index (χ2n) is 11.4. The molecule has 2 aliphatic rings. The Balaban J connectivity index is 1.33. The highest BCUT2D eigenvalue weighted by molar-refractivity contribution is 7.90. The van der Waals surface area contributed by atoms with E-state index in [1.54, 1.807) is 12.1 Å². The van der Waals surface area contributed by atoms with Crippen LogP contribution in [0.25, 0.3) is 22.4 Å². The average molecular weight is 543 g/mol. The first-order valence-corrected chi connectivity index (χ1v) is 16.0. The summed E-state index contributed by atoms with van der Waals surface area (Å²) in [5, 5.41) is 3.53. The van der Waals surface area contributed by atoms with E-state index in [0.717, 1.165) is 54.9 Å². The normalized spacial score (nSPS) is 21.4. The first-order valence-electron chi connectivity index (χ1n) is 14.1. The van der Waals surface area contributed by atoms with Crippen LogP contribution in [0.4, 0.5) is 0 Å². The maximum Gasteiger partial charge on any atom is 0.175 e. The maximum atomic E-state index is 11.9. The predicted octanol–water partition coefficient (Wildman–Crippen LogP) is 5.62. The summed E-state index contributed by atoms with van der Waals surface area (Å²) in [5.74, 6) is 1.34. The van der Waals surface area contributed by atoms with Crippen molar-refractivity contribution < 1.29 is 8.42 Å². The van der Waals surface area contributed by atoms with Crippen molar-refractivity contribution in [2.75, 3.05) is 25.9 Å². The number of hydrogen-bond donors (Lipinski definition) is 1. The smallest absolute Gasteiger partial charge is 0.175 e. The summed E-state index contributed by atoms with van der Waals surface area (Å²) in [6.07, 6.45) is 5.97. The molecule has 3 heterocycles. The standard InChI is InChI=1S/C32H38N4O2S/c1-22-19-26(21-30-31(22)34-32(35(30)2)24-9-11-28(12-10-24)39(3,37)38)25-15-18-36(27-13-16-33-17-14-27)29(20-25)23-7-5-4-6-8-23/h4-12,19,21,25,27,29,33H,13-18,20H2,1-3H3/t25?,29-/m1/s1. The van der Waals surface area contributed by atoms with Gasteiger partial charge in [0.1, 0.15) is 5.82 Å². The van der Waals surface area contributed by atoms with Gasteiger partial charge in [0.15, 0.2) is 9.84 Å². The molecule has 0 bridgehead atoms. The van der Waals surface area contributed by atoms with Gasteiger partial charge in [-0.15, -0.1) is 0 Å². The van der Waals surface area contributed by atoms with Gasteiger partial charge >= 0.3 is 0 Å². The zero-order chi connectivity index (χ0) is 27.1. The number of hydrogen-bond acceptors (Lipinski definition) is 5. The number of nitrogens with zero attached hydrogens (tertiary/aromatic N) is 3. The number of fused-ring (bicyclic) bond motifs is 1. The van der Waals surface area contributed by atoms with Crippen LogP contribution >= 0.6 is 0 Å². The first-order chi connectivity index (χ1) is 18.8. The van der Waals surface area contributed by atoms with Gasteiger partial charge in [-0.3, -0.25) is 4.90 Å². The van der Waals surface area contributed by atoms with Gasteiger partial charge in [0, 0.05) is 31.0 Å². The van der Waals surface area contributed by atoms with Crippen LogP contribution in [0.1, 0.15) is 54.3 Å². The summed E-state index contributed by atoms with van der Waals surface area (Å²) in [4.78, 5) is 8.11. The Labute approximate surface area is 232 Å². The van der Waals surface area contributed by atoms with E-state index in [0.29, 0.717) is 22.9 Å². The van der Waals surface area contributed by atoms with Gasteiger partial charge in [-0.05, 0) is 105 Å². The van der Waals surface area contributed by atoms with Crippen LogP contribution in [-0.4, -0.2) is 54.8 Å². The third-order valence-electron chi connectivity index (χ3n) is 8.82. The van der Waals surface area contributed by atoms with Crippen LogP contribution in [0.2, 0.25) is 0 Å². The Morgan fingerprint density at radius 2 is 1.64 bits per heavy atom. The fraction of sp³-hybridized carbons (Fsp3) is 0.406. The summed E-state index contributed by atoms with van der Waals surface area (Å²) < 4.78 is 26.0. The minimum atomic E-state index is -3.23. The molecule has 6 rings (SSSR count). The lowest BCUT2D eigenvalue weighted by atomic mass is 9.81. The van der Waals surface area contributed by atoms with Gasteiger partial charge in [0.25, 0.3) is 0 Å². The van der Waals surface area contributed by atoms with Crippen molar-refractivity contribution in [2.24, 2.45) is 7.05 Å². The lowest BCUT2D eigenvalue weighted by Gasteiger charge is -2.45. The fourth-order valence-electron chi connectivity index (χ4n) is 6.69. The maximum absolute atomic E-state index is 11.9. The molecule has 2 aliphatic heterocycles. The van der Waals surface area contributed by atoms with Crippen molar-refractivity contribution in [3.63, 3.8) is 0 Å². The predicted molar refractivity (Wildman–Crippen MR) is 158 cm³/mol. The Morgan fingerprint density at radius 3 is 2.33 bits per heavy atom. The molecule has 0 radical (unpaired) electrons. The molecule has 1 unspecified atom stereocenters. The molecule has 204 valence electrons. The van der Waals surface area contributed by atoms with Gasteiger partial charge in [-0.25, -0.2) is 13.4 Å². The summed E-state index contributed by atoms with van der Waals surface area (Å²) in [5.41, 5.74) is 7.07. The summed E-state index contributed by atoms with van der Waals surface area (Å²) >= 11 is 0. The summed E-state index contributed by atoms with van der Waals surface area (Å²) in [6.45, 7) is 5.51. The molecule has 7 heteroatoms. The van der Waals surface area contributed by atoms with Crippen molar-refractivity contribution >= 4 is 20.9 Å². The number of benzene rings is 3. The molecule has 0 amide bonds. The number of piperidine rings is 2. The minimum absolute atomic E-state index is 0.326. The van der Waals surface area contributed by atoms with E-state index < -0.39 is 9.84 Å². The van der Waals surface area contributed by atoms with Crippen molar-refractivity contribution in [2.45, 2.75) is 55.5 Å². The molecular weight excluding hydrogens is 504 g/mol. The number of aromatic nitrogens is 2. The van der Waals surface area contributed by atoms with Crippen molar-refractivity contribution in [3.05, 3.63) is 83.4 Å². The highest BCUT2D eigenvalue weighted by atomic mass is 32.2. The number of rotatable bonds is 5. The van der Waals surface area contributed by atoms with Crippen molar-refractivity contribution in [3.8, 4) is 11.4 Å². The minimum Gasteiger partial charge on any atom is -0.327 e. The summed E-state index contributed by atoms with van der Waals surface area (Å²) in [6, 6.07) is 23.9. The highest BCUT2D eigenvalue weighted by Gasteiger charge is 2.35. The van der Waals surface area contributed by atoms with Gasteiger partial charge in [-0.2, -0.15) is 0 Å². The van der Waals surface area contributed by atoms with Crippen LogP contribution in [0, 0.1) is 6.92 Å². The second-order valence-corrected chi connectivity index (χ2v) is 13.4. The van der Waals surface area contributed by atoms with Gasteiger partial charge in [0.05, 0.1) is 15.9 Å². The van der Waals surface area contributed by atoms with E-state index in [1.807, 2.05) is 12.1 Å². The Morgan fingerprint density at radius 1 is 0.923 bits per heavy atom. The van der Waals surface area contributed by atoms with Crippen LogP contribution in [0.15, 0.2) is 71.6 Å². The highest BCUT2D eigenvalue weighted by Crippen LogP contribution is 2.42. The average Bonchev–Trinajstić information content (AvgIpc) is 3.30.